The van der Waals surface area contributed by atoms with E-state index < -0.39 is 17.8 Å². The Bertz CT molecular complexity index is 2040. The molecule has 1 atom stereocenters. The van der Waals surface area contributed by atoms with Crippen LogP contribution in [0.25, 0.3) is 6.08 Å². The van der Waals surface area contributed by atoms with Crippen molar-refractivity contribution >= 4 is 56.7 Å². The largest absolute Gasteiger partial charge is 0.449 e. The van der Waals surface area contributed by atoms with Gasteiger partial charge in [0, 0.05) is 23.7 Å². The summed E-state index contributed by atoms with van der Waals surface area (Å²) in [6, 6.07) is 17.5. The molecule has 0 fully saturated rings. The standard InChI is InChI=1S/C30H21BrFN5O3S2/c1-16-12-13-33-29(34-16)42-28-22(31)14-21(40-28)15-23-27(39)37-25(18-8-10-19(32)11-9-18)24(17(2)35-30(37)41-23)26(38)36-20-6-4-3-5-7-20/h3-15,25H,1-2H3,(H,36,38)/b23-15+/t25-/m0/s1. The maximum atomic E-state index is 13.9. The molecule has 1 aliphatic heterocycles. The average Bonchev–Trinajstić information content (AvgIpc) is 3.46. The molecule has 0 aliphatic carbocycles. The maximum absolute atomic E-state index is 13.9. The summed E-state index contributed by atoms with van der Waals surface area (Å²) in [6.45, 7) is 3.61. The fraction of sp³-hybridized carbons (Fsp3) is 0.100. The number of aromatic nitrogens is 3. The van der Waals surface area contributed by atoms with Crippen molar-refractivity contribution < 1.29 is 13.6 Å². The van der Waals surface area contributed by atoms with Crippen LogP contribution in [0.1, 0.15) is 30.0 Å². The van der Waals surface area contributed by atoms with E-state index in [9.17, 15) is 14.0 Å². The van der Waals surface area contributed by atoms with Crippen LogP contribution in [0.5, 0.6) is 0 Å². The SMILES string of the molecule is CC1=C(C(=O)Nc2ccccc2)[C@H](c2ccc(F)cc2)n2c(s/c(=C/c3cc(Br)c(Sc4nccc(C)n4)o3)c2=O)=N1. The van der Waals surface area contributed by atoms with E-state index in [1.807, 2.05) is 31.2 Å². The van der Waals surface area contributed by atoms with Gasteiger partial charge in [0.15, 0.2) is 15.1 Å². The lowest BCUT2D eigenvalue weighted by Gasteiger charge is -2.25. The first-order valence-electron chi connectivity index (χ1n) is 12.7. The number of para-hydroxylation sites is 1. The third-order valence-corrected chi connectivity index (χ3v) is 9.09. The number of fused-ring (bicyclic) bond motifs is 1. The van der Waals surface area contributed by atoms with E-state index >= 15 is 0 Å². The minimum Gasteiger partial charge on any atom is -0.449 e. The zero-order valence-corrected chi connectivity index (χ0v) is 25.4. The summed E-state index contributed by atoms with van der Waals surface area (Å²) < 4.78 is 22.4. The number of allylic oxidation sites excluding steroid dienone is 1. The molecule has 8 nitrogen and oxygen atoms in total. The number of nitrogens with zero attached hydrogens (tertiary/aromatic N) is 4. The molecule has 5 aromatic rings. The molecule has 4 heterocycles. The number of carbonyl (C=O) groups is 1. The third-order valence-electron chi connectivity index (χ3n) is 6.39. The van der Waals surface area contributed by atoms with Gasteiger partial charge in [0.05, 0.1) is 26.3 Å². The molecule has 0 spiro atoms. The maximum Gasteiger partial charge on any atom is 0.271 e. The predicted octanol–water partition coefficient (Wildman–Crippen LogP) is 5.62. The molecule has 1 amide bonds. The molecule has 0 saturated carbocycles. The summed E-state index contributed by atoms with van der Waals surface area (Å²) in [5.41, 5.74) is 2.42. The van der Waals surface area contributed by atoms with Gasteiger partial charge in [-0.3, -0.25) is 14.2 Å². The Morgan fingerprint density at radius 2 is 1.90 bits per heavy atom. The zero-order valence-electron chi connectivity index (χ0n) is 22.2. The second-order valence-electron chi connectivity index (χ2n) is 9.32. The molecule has 3 aromatic heterocycles. The normalized spacial score (nSPS) is 15.0. The average molecular weight is 663 g/mol. The van der Waals surface area contributed by atoms with E-state index in [0.29, 0.717) is 52.3 Å². The van der Waals surface area contributed by atoms with E-state index in [1.165, 1.54) is 39.8 Å². The molecular formula is C30H21BrFN5O3S2. The minimum absolute atomic E-state index is 0.294. The number of aryl methyl sites for hydroxylation is 1. The fourth-order valence-electron chi connectivity index (χ4n) is 4.49. The number of furan rings is 1. The highest BCUT2D eigenvalue weighted by molar-refractivity contribution is 9.10. The van der Waals surface area contributed by atoms with Crippen LogP contribution in [0.3, 0.4) is 0 Å². The van der Waals surface area contributed by atoms with Crippen molar-refractivity contribution in [2.45, 2.75) is 30.1 Å². The number of anilines is 1. The van der Waals surface area contributed by atoms with Crippen molar-refractivity contribution in [1.29, 1.82) is 0 Å². The summed E-state index contributed by atoms with van der Waals surface area (Å²) in [5, 5.41) is 3.97. The van der Waals surface area contributed by atoms with Crippen LogP contribution in [0.15, 0.2) is 113 Å². The van der Waals surface area contributed by atoms with Crippen LogP contribution < -0.4 is 20.2 Å². The number of benzene rings is 2. The second-order valence-corrected chi connectivity index (χ2v) is 12.1. The molecule has 1 aliphatic rings. The lowest BCUT2D eigenvalue weighted by molar-refractivity contribution is -0.113. The minimum atomic E-state index is -0.819. The van der Waals surface area contributed by atoms with Crippen LogP contribution in [0.2, 0.25) is 0 Å². The second kappa shape index (κ2) is 11.6. The molecule has 0 saturated heterocycles. The van der Waals surface area contributed by atoms with Gasteiger partial charge in [0.25, 0.3) is 11.5 Å². The van der Waals surface area contributed by atoms with E-state index in [4.69, 9.17) is 4.42 Å². The van der Waals surface area contributed by atoms with Crippen molar-refractivity contribution in [3.63, 3.8) is 0 Å². The Morgan fingerprint density at radius 3 is 2.64 bits per heavy atom. The van der Waals surface area contributed by atoms with Gasteiger partial charge < -0.3 is 9.73 Å². The van der Waals surface area contributed by atoms with Crippen LogP contribution in [-0.4, -0.2) is 20.4 Å². The molecule has 1 N–H and O–H groups in total. The van der Waals surface area contributed by atoms with Crippen molar-refractivity contribution in [2.75, 3.05) is 5.32 Å². The summed E-state index contributed by atoms with van der Waals surface area (Å²) in [5.74, 6) is -0.380. The monoisotopic (exact) mass is 661 g/mol. The van der Waals surface area contributed by atoms with Gasteiger partial charge in [0.1, 0.15) is 11.6 Å². The summed E-state index contributed by atoms with van der Waals surface area (Å²) in [7, 11) is 0. The number of nitrogens with one attached hydrogen (secondary N) is 1. The number of hydrogen-bond donors (Lipinski definition) is 1. The number of amides is 1. The van der Waals surface area contributed by atoms with E-state index in [-0.39, 0.29) is 5.56 Å². The van der Waals surface area contributed by atoms with Crippen molar-refractivity contribution in [1.82, 2.24) is 14.5 Å². The van der Waals surface area contributed by atoms with Gasteiger partial charge in [-0.2, -0.15) is 0 Å². The van der Waals surface area contributed by atoms with Crippen LogP contribution in [-0.2, 0) is 4.79 Å². The van der Waals surface area contributed by atoms with Crippen LogP contribution in [0, 0.1) is 12.7 Å². The van der Waals surface area contributed by atoms with Crippen molar-refractivity contribution in [2.24, 2.45) is 4.99 Å². The number of thiazole rings is 1. The molecule has 2 aromatic carbocycles. The molecule has 0 bridgehead atoms. The predicted molar refractivity (Wildman–Crippen MR) is 163 cm³/mol. The van der Waals surface area contributed by atoms with Crippen LogP contribution in [0.4, 0.5) is 10.1 Å². The molecule has 0 radical (unpaired) electrons. The molecule has 12 heteroatoms. The Balaban J connectivity index is 1.42. The fourth-order valence-corrected chi connectivity index (χ4v) is 6.83. The van der Waals surface area contributed by atoms with Gasteiger partial charge in [-0.25, -0.2) is 19.4 Å². The number of rotatable bonds is 6. The Morgan fingerprint density at radius 1 is 1.14 bits per heavy atom. The third kappa shape index (κ3) is 5.65. The molecular weight excluding hydrogens is 641 g/mol. The lowest BCUT2D eigenvalue weighted by atomic mass is 9.95. The Hall–Kier alpha value is -4.13. The first kappa shape index (κ1) is 28.0. The first-order chi connectivity index (χ1) is 20.3. The lowest BCUT2D eigenvalue weighted by Crippen LogP contribution is -2.40. The molecule has 210 valence electrons. The number of hydrogen-bond acceptors (Lipinski definition) is 8. The quantitative estimate of drug-likeness (QED) is 0.237. The Kier molecular flexibility index (Phi) is 7.76. The number of carbonyl (C=O) groups excluding carboxylic acids is 1. The van der Waals surface area contributed by atoms with Gasteiger partial charge in [-0.05, 0) is 83.5 Å². The van der Waals surface area contributed by atoms with Crippen molar-refractivity contribution in [3.05, 3.63) is 131 Å². The van der Waals surface area contributed by atoms with Gasteiger partial charge in [-0.1, -0.05) is 41.7 Å². The van der Waals surface area contributed by atoms with E-state index in [2.05, 4.69) is 36.2 Å². The summed E-state index contributed by atoms with van der Waals surface area (Å²) in [6.07, 6.45) is 3.32. The topological polar surface area (TPSA) is 102 Å². The van der Waals surface area contributed by atoms with Gasteiger partial charge >= 0.3 is 0 Å². The van der Waals surface area contributed by atoms with Gasteiger partial charge in [0.2, 0.25) is 0 Å². The highest BCUT2D eigenvalue weighted by Gasteiger charge is 2.32. The Labute approximate surface area is 255 Å². The molecule has 0 unspecified atom stereocenters. The highest BCUT2D eigenvalue weighted by Crippen LogP contribution is 2.35. The zero-order chi connectivity index (χ0) is 29.4. The van der Waals surface area contributed by atoms with Crippen LogP contribution >= 0.6 is 39.0 Å². The van der Waals surface area contributed by atoms with E-state index in [0.717, 1.165) is 5.69 Å². The van der Waals surface area contributed by atoms with Gasteiger partial charge in [-0.15, -0.1) is 0 Å². The number of halogens is 2. The summed E-state index contributed by atoms with van der Waals surface area (Å²) in [4.78, 5) is 41.2. The molecule has 42 heavy (non-hydrogen) atoms. The van der Waals surface area contributed by atoms with Crippen molar-refractivity contribution in [3.8, 4) is 0 Å². The molecule has 6 rings (SSSR count). The highest BCUT2D eigenvalue weighted by atomic mass is 79.9. The first-order valence-corrected chi connectivity index (χ1v) is 15.1. The smallest absolute Gasteiger partial charge is 0.271 e. The van der Waals surface area contributed by atoms with E-state index in [1.54, 1.807) is 49.5 Å². The summed E-state index contributed by atoms with van der Waals surface area (Å²) >= 11 is 5.96.